The summed E-state index contributed by atoms with van der Waals surface area (Å²) < 4.78 is 88.9. The van der Waals surface area contributed by atoms with Gasteiger partial charge in [-0.25, -0.2) is 23.6 Å². The molecule has 22 nitrogen and oxygen atoms in total. The van der Waals surface area contributed by atoms with E-state index in [4.69, 9.17) is 86.1 Å². The number of phosphoric acid groups is 1. The Kier molecular flexibility index (Phi) is 21.1. The molecule has 8 heterocycles. The van der Waals surface area contributed by atoms with Gasteiger partial charge in [0.2, 0.25) is 11.2 Å². The van der Waals surface area contributed by atoms with Crippen LogP contribution in [0.2, 0.25) is 10.0 Å². The smallest absolute Gasteiger partial charge is 0.382 e. The van der Waals surface area contributed by atoms with Crippen molar-refractivity contribution in [3.8, 4) is 12.1 Å². The zero-order valence-corrected chi connectivity index (χ0v) is 50.5. The second kappa shape index (κ2) is 27.8. The standard InChI is InChI=1S/C58H79Cl2N10O12P/c1-6-7-8-9-10-11-12-13-14-15-16-17-18-19-20-21-28-72-31-40(73-30-39-22-23-41(59)42(60)29-39)32-74-83(71,75-33-45-49-51(81-55(2,3)79-49)57(35-61,77-45)47-26-24-43-53(63)65-37-67-69(43)47)76-34-46-50-52(82-56(4,5)80-50)58(36-62,78-46)48-27-25-44-54(64)66-38-68-70(44)48/h22-27,29,37-38,40,45-46,49-52H,6-21,28,30-34H2,1-5H3,(H2,63,65,67)(H2,64,66,68)/t40-,45-,46-,49-,50-,51-,52-,57+,58+/m1/s1. The van der Waals surface area contributed by atoms with Gasteiger partial charge in [-0.1, -0.05) is 133 Å². The van der Waals surface area contributed by atoms with Crippen LogP contribution in [0.1, 0.15) is 154 Å². The fraction of sp³-hybridized carbons (Fsp3) is 0.655. The zero-order valence-electron chi connectivity index (χ0n) is 48.1. The van der Waals surface area contributed by atoms with Crippen LogP contribution in [0.3, 0.4) is 0 Å². The Balaban J connectivity index is 0.901. The van der Waals surface area contributed by atoms with Gasteiger partial charge in [0.15, 0.2) is 23.2 Å². The first-order valence-corrected chi connectivity index (χ1v) is 31.4. The molecule has 0 amide bonds. The number of rotatable bonds is 33. The number of phosphoric ester groups is 1. The molecule has 0 spiro atoms. The average molecular weight is 1210 g/mol. The molecule has 25 heteroatoms. The predicted molar refractivity (Wildman–Crippen MR) is 308 cm³/mol. The van der Waals surface area contributed by atoms with Crippen molar-refractivity contribution in [1.29, 1.82) is 10.5 Å². The van der Waals surface area contributed by atoms with E-state index >= 15 is 4.57 Å². The number of hydrogen-bond acceptors (Lipinski definition) is 20. The third kappa shape index (κ3) is 14.6. The van der Waals surface area contributed by atoms with E-state index in [1.54, 1.807) is 70.2 Å². The molecule has 9 atom stereocenters. The van der Waals surface area contributed by atoms with E-state index in [9.17, 15) is 10.5 Å². The van der Waals surface area contributed by atoms with Gasteiger partial charge in [-0.2, -0.15) is 20.7 Å². The first-order chi connectivity index (χ1) is 39.9. The third-order valence-electron chi connectivity index (χ3n) is 15.7. The Labute approximate surface area is 495 Å². The summed E-state index contributed by atoms with van der Waals surface area (Å²) in [4.78, 5) is 8.19. The van der Waals surface area contributed by atoms with Gasteiger partial charge < -0.3 is 49.4 Å². The van der Waals surface area contributed by atoms with E-state index in [0.717, 1.165) is 24.8 Å². The molecule has 4 aromatic heterocycles. The van der Waals surface area contributed by atoms with Crippen LogP contribution in [0.25, 0.3) is 11.0 Å². The first-order valence-electron chi connectivity index (χ1n) is 29.2. The van der Waals surface area contributed by atoms with Crippen LogP contribution < -0.4 is 11.5 Å². The van der Waals surface area contributed by atoms with Gasteiger partial charge in [-0.05, 0) is 76.1 Å². The van der Waals surface area contributed by atoms with Crippen LogP contribution in [-0.2, 0) is 73.8 Å². The number of aromatic nitrogens is 6. The lowest BCUT2D eigenvalue weighted by atomic mass is 9.92. The fourth-order valence-corrected chi connectivity index (χ4v) is 13.1. The van der Waals surface area contributed by atoms with Crippen molar-refractivity contribution in [2.45, 2.75) is 209 Å². The molecule has 4 aliphatic rings. The predicted octanol–water partition coefficient (Wildman–Crippen LogP) is 11.2. The van der Waals surface area contributed by atoms with Crippen molar-refractivity contribution >= 4 is 53.7 Å². The summed E-state index contributed by atoms with van der Waals surface area (Å²) in [5.41, 5.74) is 10.9. The third-order valence-corrected chi connectivity index (χ3v) is 17.8. The lowest BCUT2D eigenvalue weighted by Crippen LogP contribution is -2.40. The molecule has 4 aliphatic heterocycles. The minimum atomic E-state index is -4.79. The Hall–Kier alpha value is -4.59. The molecule has 1 aromatic carbocycles. The van der Waals surface area contributed by atoms with Gasteiger partial charge in [0.05, 0.1) is 54.5 Å². The monoisotopic (exact) mass is 1210 g/mol. The van der Waals surface area contributed by atoms with Crippen LogP contribution >= 0.6 is 31.0 Å². The van der Waals surface area contributed by atoms with Gasteiger partial charge in [0.25, 0.3) is 0 Å². The Morgan fingerprint density at radius 1 is 0.627 bits per heavy atom. The van der Waals surface area contributed by atoms with Crippen LogP contribution in [0, 0.1) is 22.7 Å². The van der Waals surface area contributed by atoms with Gasteiger partial charge in [-0.15, -0.1) is 0 Å². The summed E-state index contributed by atoms with van der Waals surface area (Å²) in [6.07, 6.45) is 15.6. The molecule has 0 bridgehead atoms. The first kappa shape index (κ1) is 62.9. The molecule has 0 aliphatic carbocycles. The highest BCUT2D eigenvalue weighted by Crippen LogP contribution is 2.56. The SMILES string of the molecule is CCCCCCCCCCCCCCCCCCOC[C@H](COP(=O)(OC[C@H]1O[C@@](C#N)(c2ccc3c(N)ncnn23)[C@@H]2OC(C)(C)O[C@@H]21)OC[C@H]1O[C@@](C#N)(c2ccc3c(N)ncnn23)[C@@H]2OC(C)(C)O[C@@H]21)OCc1ccc(Cl)c(Cl)c1. The summed E-state index contributed by atoms with van der Waals surface area (Å²) in [6, 6.07) is 16.5. The van der Waals surface area contributed by atoms with Crippen molar-refractivity contribution in [3.05, 3.63) is 82.1 Å². The summed E-state index contributed by atoms with van der Waals surface area (Å²) in [5, 5.41) is 31.6. The van der Waals surface area contributed by atoms with Crippen LogP contribution in [0.5, 0.6) is 0 Å². The van der Waals surface area contributed by atoms with Crippen molar-refractivity contribution in [2.24, 2.45) is 0 Å². The Morgan fingerprint density at radius 3 is 1.55 bits per heavy atom. The number of ether oxygens (including phenoxy) is 8. The van der Waals surface area contributed by atoms with Crippen molar-refractivity contribution in [1.82, 2.24) is 29.2 Å². The van der Waals surface area contributed by atoms with E-state index in [-0.39, 0.29) is 31.5 Å². The molecule has 0 unspecified atom stereocenters. The van der Waals surface area contributed by atoms with E-state index in [0.29, 0.717) is 39.1 Å². The number of nitrogen functional groups attached to an aromatic ring is 2. The van der Waals surface area contributed by atoms with Gasteiger partial charge in [0.1, 0.15) is 78.6 Å². The summed E-state index contributed by atoms with van der Waals surface area (Å²) in [5.74, 6) is -2.01. The molecule has 452 valence electrons. The quantitative estimate of drug-likeness (QED) is 0.0292. The number of benzene rings is 1. The highest BCUT2D eigenvalue weighted by Gasteiger charge is 2.67. The van der Waals surface area contributed by atoms with Crippen LogP contribution in [-0.4, -0.2) is 117 Å². The van der Waals surface area contributed by atoms with E-state index in [2.05, 4.69) is 39.2 Å². The number of nitrogens with zero attached hydrogens (tertiary/aromatic N) is 8. The number of anilines is 2. The highest BCUT2D eigenvalue weighted by atomic mass is 35.5. The maximum atomic E-state index is 15.6. The molecular formula is C58H79Cl2N10O12P. The highest BCUT2D eigenvalue weighted by molar-refractivity contribution is 7.48. The number of nitriles is 2. The molecule has 5 aromatic rings. The van der Waals surface area contributed by atoms with E-state index < -0.39 is 86.5 Å². The van der Waals surface area contributed by atoms with E-state index in [1.807, 2.05) is 0 Å². The lowest BCUT2D eigenvalue weighted by molar-refractivity contribution is -0.205. The summed E-state index contributed by atoms with van der Waals surface area (Å²) >= 11 is 12.7. The molecule has 0 radical (unpaired) electrons. The van der Waals surface area contributed by atoms with E-state index in [1.165, 1.54) is 105 Å². The summed E-state index contributed by atoms with van der Waals surface area (Å²) in [6.45, 7) is 8.33. The number of halogens is 2. The number of nitrogens with two attached hydrogens (primary N) is 2. The maximum Gasteiger partial charge on any atom is 0.475 e. The van der Waals surface area contributed by atoms with Crippen molar-refractivity contribution < 1.29 is 56.0 Å². The molecule has 4 fully saturated rings. The van der Waals surface area contributed by atoms with Gasteiger partial charge in [0, 0.05) is 6.61 Å². The second-order valence-electron chi connectivity index (χ2n) is 22.8. The van der Waals surface area contributed by atoms with Crippen molar-refractivity contribution in [2.75, 3.05) is 44.5 Å². The summed E-state index contributed by atoms with van der Waals surface area (Å²) in [7, 11) is -4.79. The minimum Gasteiger partial charge on any atom is -0.382 e. The Morgan fingerprint density at radius 2 is 1.10 bits per heavy atom. The number of unbranched alkanes of at least 4 members (excludes halogenated alkanes) is 15. The Bertz CT molecular complexity index is 2950. The molecule has 9 rings (SSSR count). The second-order valence-corrected chi connectivity index (χ2v) is 25.2. The largest absolute Gasteiger partial charge is 0.475 e. The normalized spacial score (nSPS) is 25.7. The number of hydrogen-bond donors (Lipinski definition) is 2. The maximum absolute atomic E-state index is 15.6. The molecule has 4 N–H and O–H groups in total. The number of fused-ring (bicyclic) bond motifs is 4. The topological polar surface area (TPSA) is 279 Å². The lowest BCUT2D eigenvalue weighted by Gasteiger charge is -2.30. The molecule has 83 heavy (non-hydrogen) atoms. The van der Waals surface area contributed by atoms with Crippen LogP contribution in [0.4, 0.5) is 11.6 Å². The molecule has 4 saturated heterocycles. The average Bonchev–Trinajstić information content (AvgIpc) is 1.92. The minimum absolute atomic E-state index is 0.0552. The molecule has 0 saturated carbocycles. The van der Waals surface area contributed by atoms with Gasteiger partial charge >= 0.3 is 7.82 Å². The van der Waals surface area contributed by atoms with Crippen LogP contribution in [0.15, 0.2) is 55.1 Å². The fourth-order valence-electron chi connectivity index (χ4n) is 11.5. The van der Waals surface area contributed by atoms with Gasteiger partial charge in [-0.3, -0.25) is 13.6 Å². The molecular weight excluding hydrogens is 1130 g/mol. The van der Waals surface area contributed by atoms with Crippen molar-refractivity contribution in [3.63, 3.8) is 0 Å². The zero-order chi connectivity index (χ0) is 58.8.